The zero-order valence-corrected chi connectivity index (χ0v) is 17.8. The van der Waals surface area contributed by atoms with Crippen LogP contribution < -0.4 is 0 Å². The number of hydrogen-bond acceptors (Lipinski definition) is 9. The lowest BCUT2D eigenvalue weighted by Crippen LogP contribution is -2.78. The molecule has 4 fully saturated rings. The summed E-state index contributed by atoms with van der Waals surface area (Å²) < 4.78 is 11.5. The molecule has 8 atom stereocenters. The number of likely N-dealkylation sites (N-methyl/N-ethyl adjacent to an activating group) is 1. The number of ketones is 2. The number of ether oxygens (including phenoxy) is 2. The van der Waals surface area contributed by atoms with Gasteiger partial charge in [-0.15, -0.1) is 0 Å². The molecule has 1 N–H and O–H groups in total. The molecule has 5 aliphatic heterocycles. The Morgan fingerprint density at radius 2 is 2.03 bits per heavy atom. The summed E-state index contributed by atoms with van der Waals surface area (Å²) in [5.74, 6) is -0.292. The SMILES string of the molecule is COC1=C(C)C(=O)C2=C(C1=O)[C@@H](CO)N1[C@@H]3[C@@H]4[C@@H](C[C@H]([C@@H]1C#N)N4C)[C@H]1OCCN1[C@H]23. The fraction of sp³-hybridized carbons (Fsp3) is 0.682. The van der Waals surface area contributed by atoms with E-state index in [1.165, 1.54) is 7.11 Å². The van der Waals surface area contributed by atoms with E-state index in [1.54, 1.807) is 6.92 Å². The number of carbonyl (C=O) groups excluding carboxylic acids is 2. The first-order chi connectivity index (χ1) is 15.0. The number of allylic oxidation sites excluding steroid dienone is 2. The minimum Gasteiger partial charge on any atom is -0.492 e. The second kappa shape index (κ2) is 6.47. The molecule has 6 aliphatic rings. The summed E-state index contributed by atoms with van der Waals surface area (Å²) in [5, 5.41) is 20.7. The highest BCUT2D eigenvalue weighted by molar-refractivity contribution is 6.25. The molecule has 9 heteroatoms. The van der Waals surface area contributed by atoms with E-state index < -0.39 is 12.1 Å². The number of piperazine rings is 1. The number of fused-ring (bicyclic) bond motifs is 5. The maximum Gasteiger partial charge on any atom is 0.226 e. The molecule has 5 heterocycles. The molecule has 2 bridgehead atoms. The predicted octanol–water partition coefficient (Wildman–Crippen LogP) is -0.965. The minimum absolute atomic E-state index is 0.00850. The number of aliphatic hydroxyl groups excluding tert-OH is 1. The van der Waals surface area contributed by atoms with Gasteiger partial charge < -0.3 is 14.6 Å². The molecule has 9 nitrogen and oxygen atoms in total. The van der Waals surface area contributed by atoms with Crippen molar-refractivity contribution in [2.24, 2.45) is 5.92 Å². The quantitative estimate of drug-likeness (QED) is 0.559. The molecule has 31 heavy (non-hydrogen) atoms. The largest absolute Gasteiger partial charge is 0.492 e. The third kappa shape index (κ3) is 2.12. The Morgan fingerprint density at radius 3 is 2.71 bits per heavy atom. The zero-order valence-electron chi connectivity index (χ0n) is 17.8. The Balaban J connectivity index is 1.63. The van der Waals surface area contributed by atoms with E-state index in [0.29, 0.717) is 29.9 Å². The fourth-order valence-corrected chi connectivity index (χ4v) is 7.45. The Hall–Kier alpha value is -2.09. The number of Topliss-reactive ketones (excluding diaryl/α,β-unsaturated/α-hetero) is 2. The first-order valence-electron chi connectivity index (χ1n) is 10.9. The van der Waals surface area contributed by atoms with Crippen LogP contribution >= 0.6 is 0 Å². The molecule has 6 rings (SSSR count). The van der Waals surface area contributed by atoms with Crippen LogP contribution in [0.1, 0.15) is 13.3 Å². The van der Waals surface area contributed by atoms with Crippen molar-refractivity contribution >= 4 is 11.6 Å². The minimum atomic E-state index is -0.701. The lowest BCUT2D eigenvalue weighted by molar-refractivity contribution is -0.145. The molecule has 0 spiro atoms. The average Bonchev–Trinajstić information content (AvgIpc) is 3.34. The second-order valence-electron chi connectivity index (χ2n) is 9.42. The number of carbonyl (C=O) groups is 2. The topological polar surface area (TPSA) is 106 Å². The average molecular weight is 426 g/mol. The highest BCUT2D eigenvalue weighted by Crippen LogP contribution is 2.54. The van der Waals surface area contributed by atoms with E-state index in [4.69, 9.17) is 9.47 Å². The van der Waals surface area contributed by atoms with Crippen molar-refractivity contribution in [1.82, 2.24) is 14.7 Å². The number of methoxy groups -OCH3 is 1. The molecule has 0 radical (unpaired) electrons. The van der Waals surface area contributed by atoms with Gasteiger partial charge in [0.25, 0.3) is 0 Å². The molecular formula is C22H26N4O5. The fourth-order valence-electron chi connectivity index (χ4n) is 7.45. The van der Waals surface area contributed by atoms with Gasteiger partial charge in [0.1, 0.15) is 12.3 Å². The lowest BCUT2D eigenvalue weighted by atomic mass is 9.69. The lowest BCUT2D eigenvalue weighted by Gasteiger charge is -2.61. The molecule has 1 aliphatic carbocycles. The summed E-state index contributed by atoms with van der Waals surface area (Å²) in [7, 11) is 3.44. The van der Waals surface area contributed by atoms with Crippen molar-refractivity contribution in [2.45, 2.75) is 55.8 Å². The Kier molecular flexibility index (Phi) is 4.08. The van der Waals surface area contributed by atoms with Crippen LogP contribution in [0.4, 0.5) is 0 Å². The monoisotopic (exact) mass is 426 g/mol. The highest BCUT2D eigenvalue weighted by atomic mass is 16.5. The van der Waals surface area contributed by atoms with Gasteiger partial charge in [-0.2, -0.15) is 5.26 Å². The standard InChI is InChI=1S/C22H26N4O5/c1-9-19(28)15-14(20(29)21(9)30-3)13(8-27)26-12(7-23)11-6-10-16(24(11)2)18(26)17(15)25-4-5-31-22(10)25/h10-13,16-18,22,27H,4-6,8H2,1-3H3/t10-,11-,12+,13-,16+,17-,18-,22-/m1/s1. The summed E-state index contributed by atoms with van der Waals surface area (Å²) >= 11 is 0. The first-order valence-corrected chi connectivity index (χ1v) is 10.9. The van der Waals surface area contributed by atoms with Crippen LogP contribution in [-0.2, 0) is 19.1 Å². The van der Waals surface area contributed by atoms with E-state index in [-0.39, 0.29) is 60.2 Å². The van der Waals surface area contributed by atoms with E-state index in [0.717, 1.165) is 6.42 Å². The van der Waals surface area contributed by atoms with Gasteiger partial charge in [-0.1, -0.05) is 0 Å². The first kappa shape index (κ1) is 19.6. The summed E-state index contributed by atoms with van der Waals surface area (Å²) in [6.07, 6.45) is 0.694. The zero-order chi connectivity index (χ0) is 21.8. The summed E-state index contributed by atoms with van der Waals surface area (Å²) in [6.45, 7) is 2.56. The number of piperidine rings is 1. The number of rotatable bonds is 2. The number of nitrogens with zero attached hydrogens (tertiary/aromatic N) is 4. The third-order valence-electron chi connectivity index (χ3n) is 8.50. The van der Waals surface area contributed by atoms with Crippen molar-refractivity contribution < 1.29 is 24.2 Å². The summed E-state index contributed by atoms with van der Waals surface area (Å²) in [5.41, 5.74) is 1.07. The van der Waals surface area contributed by atoms with Crippen molar-refractivity contribution in [3.05, 3.63) is 22.5 Å². The summed E-state index contributed by atoms with van der Waals surface area (Å²) in [4.78, 5) is 33.7. The maximum atomic E-state index is 13.6. The molecule has 0 saturated carbocycles. The molecule has 0 aromatic carbocycles. The van der Waals surface area contributed by atoms with Gasteiger partial charge in [0.2, 0.25) is 5.78 Å². The van der Waals surface area contributed by atoms with Gasteiger partial charge in [0.05, 0.1) is 38.5 Å². The van der Waals surface area contributed by atoms with Gasteiger partial charge in [-0.05, 0) is 20.4 Å². The van der Waals surface area contributed by atoms with Crippen LogP contribution in [0, 0.1) is 17.2 Å². The van der Waals surface area contributed by atoms with E-state index >= 15 is 0 Å². The van der Waals surface area contributed by atoms with E-state index in [1.807, 2.05) is 4.90 Å². The number of nitriles is 1. The molecule has 0 amide bonds. The van der Waals surface area contributed by atoms with E-state index in [9.17, 15) is 20.0 Å². The Morgan fingerprint density at radius 1 is 1.26 bits per heavy atom. The molecule has 0 unspecified atom stereocenters. The molecular weight excluding hydrogens is 400 g/mol. The number of hydrogen-bond donors (Lipinski definition) is 1. The Bertz CT molecular complexity index is 998. The van der Waals surface area contributed by atoms with Crippen molar-refractivity contribution in [3.63, 3.8) is 0 Å². The third-order valence-corrected chi connectivity index (χ3v) is 8.50. The highest BCUT2D eigenvalue weighted by Gasteiger charge is 2.68. The Labute approximate surface area is 180 Å². The van der Waals surface area contributed by atoms with Crippen molar-refractivity contribution in [2.75, 3.05) is 33.9 Å². The molecule has 0 aromatic heterocycles. The van der Waals surface area contributed by atoms with Gasteiger partial charge in [-0.25, -0.2) is 0 Å². The molecule has 0 aromatic rings. The number of aliphatic hydroxyl groups is 1. The van der Waals surface area contributed by atoms with Crippen LogP contribution in [-0.4, -0.2) is 108 Å². The predicted molar refractivity (Wildman–Crippen MR) is 106 cm³/mol. The van der Waals surface area contributed by atoms with Gasteiger partial charge in [-0.3, -0.25) is 24.3 Å². The molecule has 164 valence electrons. The molecule has 4 saturated heterocycles. The van der Waals surface area contributed by atoms with Crippen LogP contribution in [0.25, 0.3) is 0 Å². The van der Waals surface area contributed by atoms with Crippen LogP contribution in [0.15, 0.2) is 22.5 Å². The van der Waals surface area contributed by atoms with Gasteiger partial charge in [0.15, 0.2) is 11.5 Å². The maximum absolute atomic E-state index is 13.6. The van der Waals surface area contributed by atoms with Crippen LogP contribution in [0.2, 0.25) is 0 Å². The smallest absolute Gasteiger partial charge is 0.226 e. The van der Waals surface area contributed by atoms with E-state index in [2.05, 4.69) is 22.9 Å². The van der Waals surface area contributed by atoms with Gasteiger partial charge in [0, 0.05) is 47.3 Å². The van der Waals surface area contributed by atoms with Crippen molar-refractivity contribution in [3.8, 4) is 6.07 Å². The van der Waals surface area contributed by atoms with Crippen LogP contribution in [0.5, 0.6) is 0 Å². The van der Waals surface area contributed by atoms with Gasteiger partial charge >= 0.3 is 0 Å². The summed E-state index contributed by atoms with van der Waals surface area (Å²) in [6, 6.07) is 0.854. The van der Waals surface area contributed by atoms with Crippen molar-refractivity contribution in [1.29, 1.82) is 5.26 Å². The van der Waals surface area contributed by atoms with Crippen LogP contribution in [0.3, 0.4) is 0 Å². The second-order valence-corrected chi connectivity index (χ2v) is 9.42. The normalized spacial score (nSPS) is 44.5.